The van der Waals surface area contributed by atoms with E-state index in [1.54, 1.807) is 32.0 Å². The number of carbonyl (C=O) groups is 2. The molecule has 2 aromatic carbocycles. The Morgan fingerprint density at radius 3 is 2.46 bits per heavy atom. The van der Waals surface area contributed by atoms with E-state index in [4.69, 9.17) is 42.1 Å². The largest absolute Gasteiger partial charge is 0.468 e. The van der Waals surface area contributed by atoms with Crippen LogP contribution in [0.2, 0.25) is 10.0 Å². The summed E-state index contributed by atoms with van der Waals surface area (Å²) in [5.41, 5.74) is 2.72. The third-order valence-electron chi connectivity index (χ3n) is 6.19. The Morgan fingerprint density at radius 1 is 1.00 bits per heavy atom. The highest BCUT2D eigenvalue weighted by Crippen LogP contribution is 2.44. The normalized spacial score (nSPS) is 17.1. The van der Waals surface area contributed by atoms with E-state index in [0.29, 0.717) is 41.8 Å². The van der Waals surface area contributed by atoms with Crippen LogP contribution in [-0.4, -0.2) is 64.3 Å². The maximum Gasteiger partial charge on any atom is 0.336 e. The van der Waals surface area contributed by atoms with Gasteiger partial charge in [-0.25, -0.2) is 4.79 Å². The van der Waals surface area contributed by atoms with Gasteiger partial charge in [0.1, 0.15) is 5.92 Å². The van der Waals surface area contributed by atoms with E-state index in [-0.39, 0.29) is 30.4 Å². The zero-order valence-electron chi connectivity index (χ0n) is 22.4. The minimum Gasteiger partial charge on any atom is -0.468 e. The van der Waals surface area contributed by atoms with Gasteiger partial charge in [0, 0.05) is 24.7 Å². The lowest BCUT2D eigenvalue weighted by atomic mass is 9.75. The number of methoxy groups -OCH3 is 1. The van der Waals surface area contributed by atoms with Crippen molar-refractivity contribution in [3.63, 3.8) is 0 Å². The third-order valence-corrected chi connectivity index (χ3v) is 7.02. The number of nitrogens with one attached hydrogen (secondary N) is 1. The lowest BCUT2D eigenvalue weighted by Crippen LogP contribution is -2.37. The minimum atomic E-state index is -0.888. The van der Waals surface area contributed by atoms with Crippen molar-refractivity contribution in [3.05, 3.63) is 81.0 Å². The lowest BCUT2D eigenvalue weighted by Gasteiger charge is -2.32. The van der Waals surface area contributed by atoms with E-state index in [9.17, 15) is 9.59 Å². The van der Waals surface area contributed by atoms with Crippen LogP contribution < -0.4 is 5.32 Å². The lowest BCUT2D eigenvalue weighted by molar-refractivity contribution is -0.144. The van der Waals surface area contributed by atoms with Gasteiger partial charge in [-0.05, 0) is 31.0 Å². The molecule has 8 nitrogen and oxygen atoms in total. The van der Waals surface area contributed by atoms with Gasteiger partial charge >= 0.3 is 11.9 Å². The smallest absolute Gasteiger partial charge is 0.336 e. The highest BCUT2D eigenvalue weighted by Gasteiger charge is 2.44. The van der Waals surface area contributed by atoms with Crippen LogP contribution in [-0.2, 0) is 35.1 Å². The standard InChI is InChI=1S/C29H34Cl2N2O6/c1-4-39-29(35)26-23(18-38-16-15-37-14-13-32-17-20-9-6-5-7-10-20)33-19(2)24(28(34)36-3)25(26)21-11-8-12-22(30)27(21)31/h5-12,24-25,32H,4,13-18H2,1-3H3. The Hall–Kier alpha value is -2.75. The van der Waals surface area contributed by atoms with Crippen molar-refractivity contribution in [3.8, 4) is 0 Å². The average molecular weight is 578 g/mol. The number of aliphatic imine (C=N–C) groups is 1. The minimum absolute atomic E-state index is 0.0175. The number of ether oxygens (including phenoxy) is 4. The Kier molecular flexibility index (Phi) is 12.4. The molecular formula is C29H34Cl2N2O6. The Labute approximate surface area is 239 Å². The van der Waals surface area contributed by atoms with Crippen LogP contribution >= 0.6 is 23.2 Å². The van der Waals surface area contributed by atoms with Gasteiger partial charge in [-0.15, -0.1) is 0 Å². The van der Waals surface area contributed by atoms with E-state index in [1.165, 1.54) is 12.7 Å². The van der Waals surface area contributed by atoms with Crippen molar-refractivity contribution in [2.75, 3.05) is 46.7 Å². The second-order valence-electron chi connectivity index (χ2n) is 8.78. The van der Waals surface area contributed by atoms with Crippen molar-refractivity contribution in [1.29, 1.82) is 0 Å². The summed E-state index contributed by atoms with van der Waals surface area (Å²) in [7, 11) is 1.29. The molecule has 1 heterocycles. The van der Waals surface area contributed by atoms with Crippen LogP contribution in [0.25, 0.3) is 0 Å². The molecule has 2 aromatic rings. The quantitative estimate of drug-likeness (QED) is 0.250. The zero-order chi connectivity index (χ0) is 28.2. The van der Waals surface area contributed by atoms with E-state index >= 15 is 0 Å². The van der Waals surface area contributed by atoms with Gasteiger partial charge in [0.2, 0.25) is 0 Å². The van der Waals surface area contributed by atoms with Crippen molar-refractivity contribution in [2.45, 2.75) is 26.3 Å². The zero-order valence-corrected chi connectivity index (χ0v) is 23.9. The number of hydrogen-bond donors (Lipinski definition) is 1. The van der Waals surface area contributed by atoms with Gasteiger partial charge in [0.25, 0.3) is 0 Å². The summed E-state index contributed by atoms with van der Waals surface area (Å²) in [6.45, 7) is 6.23. The molecule has 210 valence electrons. The van der Waals surface area contributed by atoms with Gasteiger partial charge in [-0.3, -0.25) is 9.79 Å². The van der Waals surface area contributed by atoms with Crippen LogP contribution in [0.3, 0.4) is 0 Å². The molecule has 1 aliphatic rings. The second kappa shape index (κ2) is 15.7. The predicted molar refractivity (Wildman–Crippen MR) is 151 cm³/mol. The van der Waals surface area contributed by atoms with E-state index in [0.717, 1.165) is 6.54 Å². The predicted octanol–water partition coefficient (Wildman–Crippen LogP) is 4.98. The second-order valence-corrected chi connectivity index (χ2v) is 9.57. The summed E-state index contributed by atoms with van der Waals surface area (Å²) in [4.78, 5) is 30.7. The number of hydrogen-bond acceptors (Lipinski definition) is 8. The summed E-state index contributed by atoms with van der Waals surface area (Å²) < 4.78 is 21.9. The molecule has 10 heteroatoms. The number of carbonyl (C=O) groups excluding carboxylic acids is 2. The number of rotatable bonds is 14. The summed E-state index contributed by atoms with van der Waals surface area (Å²) >= 11 is 12.9. The number of benzene rings is 2. The third kappa shape index (κ3) is 8.37. The molecule has 0 aromatic heterocycles. The SMILES string of the molecule is CCOC(=O)C1=C(COCCOCCNCc2ccccc2)N=C(C)C(C(=O)OC)C1c1cccc(Cl)c1Cl. The molecular weight excluding hydrogens is 543 g/mol. The highest BCUT2D eigenvalue weighted by molar-refractivity contribution is 6.42. The fourth-order valence-corrected chi connectivity index (χ4v) is 4.81. The van der Waals surface area contributed by atoms with Gasteiger partial charge < -0.3 is 24.3 Å². The molecule has 0 spiro atoms. The fourth-order valence-electron chi connectivity index (χ4n) is 4.38. The maximum absolute atomic E-state index is 13.2. The molecule has 0 fully saturated rings. The van der Waals surface area contributed by atoms with Crippen LogP contribution in [0.15, 0.2) is 64.8 Å². The fraction of sp³-hybridized carbons (Fsp3) is 0.414. The number of nitrogens with zero attached hydrogens (tertiary/aromatic N) is 1. The van der Waals surface area contributed by atoms with Crippen LogP contribution in [0.1, 0.15) is 30.9 Å². The van der Waals surface area contributed by atoms with Gasteiger partial charge in [0.15, 0.2) is 0 Å². The molecule has 3 rings (SSSR count). The Balaban J connectivity index is 1.69. The molecule has 2 atom stereocenters. The first kappa shape index (κ1) is 30.8. The molecule has 0 radical (unpaired) electrons. The highest BCUT2D eigenvalue weighted by atomic mass is 35.5. The van der Waals surface area contributed by atoms with Crippen LogP contribution in [0.4, 0.5) is 0 Å². The number of esters is 2. The average Bonchev–Trinajstić information content (AvgIpc) is 2.93. The monoisotopic (exact) mass is 576 g/mol. The molecule has 0 bridgehead atoms. The molecule has 39 heavy (non-hydrogen) atoms. The molecule has 2 unspecified atom stereocenters. The summed E-state index contributed by atoms with van der Waals surface area (Å²) in [6, 6.07) is 15.2. The molecule has 1 aliphatic heterocycles. The first-order valence-electron chi connectivity index (χ1n) is 12.8. The number of halogens is 2. The Bertz CT molecular complexity index is 1190. The van der Waals surface area contributed by atoms with Crippen molar-refractivity contribution < 1.29 is 28.5 Å². The van der Waals surface area contributed by atoms with Crippen molar-refractivity contribution in [2.24, 2.45) is 10.9 Å². The molecule has 0 aliphatic carbocycles. The first-order valence-corrected chi connectivity index (χ1v) is 13.5. The Morgan fingerprint density at radius 2 is 1.74 bits per heavy atom. The van der Waals surface area contributed by atoms with Gasteiger partial charge in [-0.1, -0.05) is 65.7 Å². The molecule has 0 amide bonds. The van der Waals surface area contributed by atoms with Crippen LogP contribution in [0.5, 0.6) is 0 Å². The van der Waals surface area contributed by atoms with Crippen molar-refractivity contribution >= 4 is 40.9 Å². The van der Waals surface area contributed by atoms with E-state index in [2.05, 4.69) is 22.4 Å². The summed E-state index contributed by atoms with van der Waals surface area (Å²) in [5, 5.41) is 3.87. The summed E-state index contributed by atoms with van der Waals surface area (Å²) in [6.07, 6.45) is 0. The maximum atomic E-state index is 13.2. The first-order chi connectivity index (χ1) is 18.9. The van der Waals surface area contributed by atoms with Crippen LogP contribution in [0, 0.1) is 5.92 Å². The molecule has 0 saturated heterocycles. The topological polar surface area (TPSA) is 95.5 Å². The summed E-state index contributed by atoms with van der Waals surface area (Å²) in [5.74, 6) is -2.86. The molecule has 0 saturated carbocycles. The van der Waals surface area contributed by atoms with E-state index in [1.807, 2.05) is 18.2 Å². The molecule has 1 N–H and O–H groups in total. The van der Waals surface area contributed by atoms with E-state index < -0.39 is 23.8 Å². The van der Waals surface area contributed by atoms with Gasteiger partial charge in [0.05, 0.1) is 61.5 Å². The van der Waals surface area contributed by atoms with Crippen molar-refractivity contribution in [1.82, 2.24) is 5.32 Å². The van der Waals surface area contributed by atoms with Gasteiger partial charge in [-0.2, -0.15) is 0 Å².